The number of carbonyl (C=O) groups excluding carboxylic acids is 1. The Morgan fingerprint density at radius 2 is 1.82 bits per heavy atom. The fourth-order valence-electron chi connectivity index (χ4n) is 2.54. The number of nitrogens with two attached hydrogens (primary N) is 1. The van der Waals surface area contributed by atoms with Gasteiger partial charge in [-0.1, -0.05) is 18.2 Å². The van der Waals surface area contributed by atoms with Crippen LogP contribution in [-0.4, -0.2) is 45.0 Å². The van der Waals surface area contributed by atoms with E-state index >= 15 is 0 Å². The van der Waals surface area contributed by atoms with Gasteiger partial charge in [-0.05, 0) is 30.5 Å². The van der Waals surface area contributed by atoms with Gasteiger partial charge in [-0.15, -0.1) is 0 Å². The summed E-state index contributed by atoms with van der Waals surface area (Å²) in [7, 11) is 6.19. The molecule has 1 aromatic carbocycles. The monoisotopic (exact) mass is 407 g/mol. The van der Waals surface area contributed by atoms with Crippen molar-refractivity contribution in [3.05, 3.63) is 46.9 Å². The number of allylic oxidation sites excluding steroid dienone is 1. The Hall–Kier alpha value is -2.67. The molecule has 0 aromatic heterocycles. The Kier molecular flexibility index (Phi) is 7.34. The van der Waals surface area contributed by atoms with Crippen LogP contribution in [0.1, 0.15) is 18.4 Å². The molecule has 0 radical (unpaired) electrons. The van der Waals surface area contributed by atoms with E-state index in [4.69, 9.17) is 31.5 Å². The molecule has 2 rings (SSSR count). The van der Waals surface area contributed by atoms with Crippen molar-refractivity contribution >= 4 is 23.3 Å². The number of hydrogen-bond donors (Lipinski definition) is 1. The van der Waals surface area contributed by atoms with E-state index in [1.807, 2.05) is 12.1 Å². The Bertz CT molecular complexity index is 793. The Balaban J connectivity index is 2.29. The van der Waals surface area contributed by atoms with Crippen molar-refractivity contribution in [2.75, 3.05) is 28.4 Å². The predicted molar refractivity (Wildman–Crippen MR) is 109 cm³/mol. The second kappa shape index (κ2) is 9.50. The van der Waals surface area contributed by atoms with Gasteiger partial charge in [0.05, 0.1) is 21.3 Å². The van der Waals surface area contributed by atoms with Crippen LogP contribution in [0.5, 0.6) is 11.5 Å². The third kappa shape index (κ3) is 5.42. The Morgan fingerprint density at radius 3 is 2.29 bits per heavy atom. The van der Waals surface area contributed by atoms with Gasteiger partial charge in [0.1, 0.15) is 22.4 Å². The van der Waals surface area contributed by atoms with Crippen molar-refractivity contribution in [2.45, 2.75) is 19.4 Å². The molecule has 8 heteroatoms. The fourth-order valence-corrected chi connectivity index (χ4v) is 2.80. The van der Waals surface area contributed by atoms with Crippen LogP contribution >= 0.6 is 11.6 Å². The summed E-state index contributed by atoms with van der Waals surface area (Å²) < 4.78 is 15.4. The summed E-state index contributed by atoms with van der Waals surface area (Å²) in [5, 5.41) is 0.0195. The first-order valence-electron chi connectivity index (χ1n) is 8.75. The lowest BCUT2D eigenvalue weighted by Gasteiger charge is -2.22. The number of methoxy groups -OCH3 is 3. The fraction of sp³-hybridized carbons (Fsp3) is 0.400. The summed E-state index contributed by atoms with van der Waals surface area (Å²) in [5.41, 5.74) is 7.65. The van der Waals surface area contributed by atoms with Gasteiger partial charge in [-0.25, -0.2) is 9.79 Å². The number of nitrogens with zero attached hydrogens (tertiary/aromatic N) is 2. The van der Waals surface area contributed by atoms with Crippen LogP contribution in [0.4, 0.5) is 0 Å². The minimum Gasteiger partial charge on any atom is -0.497 e. The van der Waals surface area contributed by atoms with E-state index in [9.17, 15) is 4.79 Å². The van der Waals surface area contributed by atoms with E-state index in [1.54, 1.807) is 32.2 Å². The van der Waals surface area contributed by atoms with Crippen LogP contribution in [0.2, 0.25) is 0 Å². The molecule has 0 atom stereocenters. The highest BCUT2D eigenvalue weighted by molar-refractivity contribution is 6.58. The zero-order valence-electron chi connectivity index (χ0n) is 16.6. The molecule has 2 N–H and O–H groups in total. The molecule has 0 bridgehead atoms. The summed E-state index contributed by atoms with van der Waals surface area (Å²) in [4.78, 5) is 18.2. The highest BCUT2D eigenvalue weighted by atomic mass is 35.5. The van der Waals surface area contributed by atoms with Crippen molar-refractivity contribution < 1.29 is 19.0 Å². The van der Waals surface area contributed by atoms with Crippen LogP contribution in [0, 0.1) is 5.92 Å². The highest BCUT2D eigenvalue weighted by Gasteiger charge is 2.27. The maximum absolute atomic E-state index is 12.2. The van der Waals surface area contributed by atoms with Gasteiger partial charge in [-0.2, -0.15) is 0 Å². The maximum Gasteiger partial charge on any atom is 0.358 e. The number of ether oxygens (including phenoxy) is 3. The molecule has 0 saturated heterocycles. The summed E-state index contributed by atoms with van der Waals surface area (Å²) in [5.74, 6) is 1.14. The molecule has 0 unspecified atom stereocenters. The summed E-state index contributed by atoms with van der Waals surface area (Å²) in [6.07, 6.45) is 2.01. The largest absolute Gasteiger partial charge is 0.497 e. The van der Waals surface area contributed by atoms with Gasteiger partial charge in [0.2, 0.25) is 0 Å². The Labute approximate surface area is 170 Å². The second-order valence-electron chi connectivity index (χ2n) is 6.49. The Morgan fingerprint density at radius 1 is 1.25 bits per heavy atom. The average molecular weight is 408 g/mol. The van der Waals surface area contributed by atoms with E-state index in [0.717, 1.165) is 18.4 Å². The summed E-state index contributed by atoms with van der Waals surface area (Å²) in [6, 6.07) is 5.51. The lowest BCUT2D eigenvalue weighted by molar-refractivity contribution is -0.132. The molecular formula is C20H26ClN3O4. The molecule has 0 aliphatic heterocycles. The molecule has 1 saturated carbocycles. The van der Waals surface area contributed by atoms with E-state index < -0.39 is 5.97 Å². The van der Waals surface area contributed by atoms with Crippen LogP contribution in [0.15, 0.2) is 46.3 Å². The highest BCUT2D eigenvalue weighted by Crippen LogP contribution is 2.36. The van der Waals surface area contributed by atoms with E-state index in [1.165, 1.54) is 7.11 Å². The average Bonchev–Trinajstić information content (AvgIpc) is 3.55. The first kappa shape index (κ1) is 21.6. The third-order valence-electron chi connectivity index (χ3n) is 4.36. The van der Waals surface area contributed by atoms with E-state index in [0.29, 0.717) is 23.7 Å². The zero-order chi connectivity index (χ0) is 20.8. The topological polar surface area (TPSA) is 86.4 Å². The van der Waals surface area contributed by atoms with Crippen LogP contribution in [0.25, 0.3) is 0 Å². The van der Waals surface area contributed by atoms with Gasteiger partial charge in [0.15, 0.2) is 5.71 Å². The summed E-state index contributed by atoms with van der Waals surface area (Å²) in [6.45, 7) is 4.32. The number of hydrogen-bond acceptors (Lipinski definition) is 7. The predicted octanol–water partition coefficient (Wildman–Crippen LogP) is 3.04. The number of rotatable bonds is 9. The molecule has 28 heavy (non-hydrogen) atoms. The first-order chi connectivity index (χ1) is 13.3. The third-order valence-corrected chi connectivity index (χ3v) is 4.73. The van der Waals surface area contributed by atoms with Crippen molar-refractivity contribution in [1.29, 1.82) is 0 Å². The molecule has 152 valence electrons. The van der Waals surface area contributed by atoms with Crippen molar-refractivity contribution in [3.63, 3.8) is 0 Å². The van der Waals surface area contributed by atoms with Crippen LogP contribution in [-0.2, 0) is 16.1 Å². The quantitative estimate of drug-likeness (QED) is 0.500. The lowest BCUT2D eigenvalue weighted by atomic mass is 10.2. The molecular weight excluding hydrogens is 382 g/mol. The smallest absolute Gasteiger partial charge is 0.358 e. The number of benzene rings is 1. The van der Waals surface area contributed by atoms with Crippen molar-refractivity contribution in [2.24, 2.45) is 16.6 Å². The normalized spacial score (nSPS) is 14.8. The number of esters is 1. The van der Waals surface area contributed by atoms with Gasteiger partial charge < -0.3 is 24.8 Å². The molecule has 1 aliphatic carbocycles. The molecule has 0 heterocycles. The van der Waals surface area contributed by atoms with Crippen molar-refractivity contribution in [1.82, 2.24) is 4.90 Å². The van der Waals surface area contributed by atoms with Gasteiger partial charge in [-0.3, -0.25) is 0 Å². The van der Waals surface area contributed by atoms with Gasteiger partial charge >= 0.3 is 5.97 Å². The summed E-state index contributed by atoms with van der Waals surface area (Å²) >= 11 is 6.41. The lowest BCUT2D eigenvalue weighted by Crippen LogP contribution is -2.28. The second-order valence-corrected chi connectivity index (χ2v) is 6.87. The van der Waals surface area contributed by atoms with E-state index in [2.05, 4.69) is 11.6 Å². The van der Waals surface area contributed by atoms with E-state index in [-0.39, 0.29) is 22.5 Å². The molecule has 0 spiro atoms. The minimum atomic E-state index is -0.661. The maximum atomic E-state index is 12.2. The van der Waals surface area contributed by atoms with Gasteiger partial charge in [0.25, 0.3) is 0 Å². The van der Waals surface area contributed by atoms with Crippen LogP contribution in [0.3, 0.4) is 0 Å². The molecule has 1 aliphatic rings. The SMILES string of the molecule is C=C(/N=C(C(=O)OC)\C(Cl)=C(/N)N(C)Cc1cc(OC)cc(OC)c1)C1CC1. The van der Waals surface area contributed by atoms with Crippen molar-refractivity contribution in [3.8, 4) is 11.5 Å². The molecule has 0 amide bonds. The number of carbonyl (C=O) groups is 1. The first-order valence-corrected chi connectivity index (χ1v) is 9.13. The molecule has 7 nitrogen and oxygen atoms in total. The standard InChI is InChI=1S/C20H26ClN3O4/c1-12(14-6-7-14)23-18(20(25)28-5)17(21)19(22)24(2)11-13-8-15(26-3)10-16(9-13)27-4/h8-10,14H,1,6-7,11,22H2,2-5H3/b19-17-,23-18+. The number of aliphatic imine (C=N–C) groups is 1. The van der Waals surface area contributed by atoms with Gasteiger partial charge in [0, 0.05) is 31.3 Å². The minimum absolute atomic E-state index is 0.0195. The van der Waals surface area contributed by atoms with Crippen LogP contribution < -0.4 is 15.2 Å². The zero-order valence-corrected chi connectivity index (χ0v) is 17.4. The number of halogens is 1. The molecule has 1 aromatic rings. The molecule has 1 fully saturated rings.